The molecular weight excluding hydrogens is 152 g/mol. The van der Waals surface area contributed by atoms with Crippen molar-refractivity contribution in [2.75, 3.05) is 0 Å². The molecule has 0 spiro atoms. The number of thiol groups is 1. The Kier molecular flexibility index (Phi) is 2.28. The van der Waals surface area contributed by atoms with Gasteiger partial charge in [-0.25, -0.2) is 0 Å². The van der Waals surface area contributed by atoms with E-state index in [-0.39, 0.29) is 0 Å². The Morgan fingerprint density at radius 1 is 0.909 bits per heavy atom. The van der Waals surface area contributed by atoms with E-state index in [1.165, 1.54) is 22.3 Å². The molecule has 1 aromatic carbocycles. The highest BCUT2D eigenvalue weighted by Crippen LogP contribution is 2.23. The molecule has 0 nitrogen and oxygen atoms in total. The second-order valence-corrected chi connectivity index (χ2v) is 3.56. The van der Waals surface area contributed by atoms with E-state index in [0.717, 1.165) is 4.90 Å². The van der Waals surface area contributed by atoms with Gasteiger partial charge in [-0.05, 0) is 49.9 Å². The minimum Gasteiger partial charge on any atom is -0.143 e. The summed E-state index contributed by atoms with van der Waals surface area (Å²) in [5.41, 5.74) is 5.30. The van der Waals surface area contributed by atoms with E-state index in [9.17, 15) is 0 Å². The fraction of sp³-hybridized carbons (Fsp3) is 0.400. The van der Waals surface area contributed by atoms with Gasteiger partial charge in [-0.3, -0.25) is 0 Å². The summed E-state index contributed by atoms with van der Waals surface area (Å²) in [5, 5.41) is 0. The second-order valence-electron chi connectivity index (χ2n) is 3.11. The van der Waals surface area contributed by atoms with Crippen molar-refractivity contribution < 1.29 is 0 Å². The van der Waals surface area contributed by atoms with Crippen LogP contribution in [-0.2, 0) is 0 Å². The molecule has 0 saturated heterocycles. The van der Waals surface area contributed by atoms with Crippen molar-refractivity contribution >= 4 is 12.6 Å². The van der Waals surface area contributed by atoms with Crippen LogP contribution in [-0.4, -0.2) is 0 Å². The van der Waals surface area contributed by atoms with E-state index in [0.29, 0.717) is 0 Å². The molecule has 0 fully saturated rings. The lowest BCUT2D eigenvalue weighted by Gasteiger charge is -2.09. The van der Waals surface area contributed by atoms with Gasteiger partial charge < -0.3 is 0 Å². The molecule has 1 heteroatoms. The van der Waals surface area contributed by atoms with E-state index >= 15 is 0 Å². The maximum absolute atomic E-state index is 4.43. The highest BCUT2D eigenvalue weighted by Gasteiger charge is 2.03. The molecule has 0 saturated carbocycles. The van der Waals surface area contributed by atoms with Gasteiger partial charge in [-0.1, -0.05) is 6.07 Å². The number of hydrogen-bond donors (Lipinski definition) is 1. The predicted molar refractivity (Wildman–Crippen MR) is 52.6 cm³/mol. The van der Waals surface area contributed by atoms with Crippen LogP contribution < -0.4 is 0 Å². The first-order chi connectivity index (χ1) is 5.04. The Morgan fingerprint density at radius 2 is 1.45 bits per heavy atom. The van der Waals surface area contributed by atoms with Gasteiger partial charge in [-0.15, -0.1) is 12.6 Å². The SMILES string of the molecule is Cc1cc(C)c(S)c(C)c1C. The molecule has 0 aliphatic carbocycles. The van der Waals surface area contributed by atoms with Crippen molar-refractivity contribution in [3.63, 3.8) is 0 Å². The van der Waals surface area contributed by atoms with Crippen LogP contribution in [0.25, 0.3) is 0 Å². The molecule has 0 radical (unpaired) electrons. The molecule has 0 N–H and O–H groups in total. The third-order valence-corrected chi connectivity index (χ3v) is 3.00. The fourth-order valence-corrected chi connectivity index (χ4v) is 1.50. The number of rotatable bonds is 0. The summed E-state index contributed by atoms with van der Waals surface area (Å²) in [6, 6.07) is 2.19. The van der Waals surface area contributed by atoms with Crippen LogP contribution in [0.2, 0.25) is 0 Å². The largest absolute Gasteiger partial charge is 0.143 e. The molecule has 0 unspecified atom stereocenters. The first-order valence-electron chi connectivity index (χ1n) is 3.80. The molecule has 1 aromatic rings. The molecular formula is C10H14S. The molecule has 60 valence electrons. The normalized spacial score (nSPS) is 10.3. The van der Waals surface area contributed by atoms with Gasteiger partial charge in [0.1, 0.15) is 0 Å². The summed E-state index contributed by atoms with van der Waals surface area (Å²) < 4.78 is 0. The monoisotopic (exact) mass is 166 g/mol. The van der Waals surface area contributed by atoms with Crippen LogP contribution in [0.1, 0.15) is 22.3 Å². The van der Waals surface area contributed by atoms with Crippen molar-refractivity contribution in [2.45, 2.75) is 32.6 Å². The van der Waals surface area contributed by atoms with Gasteiger partial charge in [0.05, 0.1) is 0 Å². The molecule has 0 bridgehead atoms. The van der Waals surface area contributed by atoms with Crippen molar-refractivity contribution in [3.8, 4) is 0 Å². The van der Waals surface area contributed by atoms with Gasteiger partial charge >= 0.3 is 0 Å². The lowest BCUT2D eigenvalue weighted by molar-refractivity contribution is 1.14. The summed E-state index contributed by atoms with van der Waals surface area (Å²) in [6.07, 6.45) is 0. The van der Waals surface area contributed by atoms with E-state index in [2.05, 4.69) is 46.4 Å². The maximum Gasteiger partial charge on any atom is 0.0101 e. The van der Waals surface area contributed by atoms with Crippen LogP contribution in [0, 0.1) is 27.7 Å². The van der Waals surface area contributed by atoms with Crippen molar-refractivity contribution in [1.82, 2.24) is 0 Å². The summed E-state index contributed by atoms with van der Waals surface area (Å²) in [6.45, 7) is 8.51. The molecule has 0 atom stereocenters. The van der Waals surface area contributed by atoms with Crippen LogP contribution in [0.3, 0.4) is 0 Å². The van der Waals surface area contributed by atoms with E-state index in [4.69, 9.17) is 0 Å². The zero-order chi connectivity index (χ0) is 8.59. The molecule has 0 aliphatic heterocycles. The highest BCUT2D eigenvalue weighted by atomic mass is 32.1. The van der Waals surface area contributed by atoms with E-state index < -0.39 is 0 Å². The standard InChI is InChI=1S/C10H14S/c1-6-5-7(2)10(11)9(4)8(6)3/h5,11H,1-4H3. The Bertz CT molecular complexity index is 261. The summed E-state index contributed by atoms with van der Waals surface area (Å²) in [4.78, 5) is 1.13. The molecule has 0 heterocycles. The first-order valence-corrected chi connectivity index (χ1v) is 4.25. The van der Waals surface area contributed by atoms with Crippen LogP contribution >= 0.6 is 12.6 Å². The zero-order valence-corrected chi connectivity index (χ0v) is 8.42. The minimum absolute atomic E-state index is 1.13. The van der Waals surface area contributed by atoms with Gasteiger partial charge in [0, 0.05) is 4.90 Å². The number of aryl methyl sites for hydroxylation is 2. The Hall–Kier alpha value is -0.430. The second kappa shape index (κ2) is 2.90. The van der Waals surface area contributed by atoms with Gasteiger partial charge in [0.2, 0.25) is 0 Å². The summed E-state index contributed by atoms with van der Waals surface area (Å²) in [7, 11) is 0. The Labute approximate surface area is 74.0 Å². The van der Waals surface area contributed by atoms with Crippen LogP contribution in [0.4, 0.5) is 0 Å². The third kappa shape index (κ3) is 1.43. The number of benzene rings is 1. The minimum atomic E-state index is 1.13. The first kappa shape index (κ1) is 8.66. The molecule has 1 rings (SSSR count). The van der Waals surface area contributed by atoms with Gasteiger partial charge in [0.15, 0.2) is 0 Å². The van der Waals surface area contributed by atoms with E-state index in [1.807, 2.05) is 0 Å². The fourth-order valence-electron chi connectivity index (χ4n) is 1.27. The average Bonchev–Trinajstić information content (AvgIpc) is 1.97. The molecule has 0 aliphatic rings. The molecule has 0 aromatic heterocycles. The third-order valence-electron chi connectivity index (χ3n) is 2.32. The number of hydrogen-bond acceptors (Lipinski definition) is 1. The van der Waals surface area contributed by atoms with Crippen molar-refractivity contribution in [3.05, 3.63) is 28.3 Å². The van der Waals surface area contributed by atoms with Crippen LogP contribution in [0.15, 0.2) is 11.0 Å². The maximum atomic E-state index is 4.43. The van der Waals surface area contributed by atoms with Gasteiger partial charge in [-0.2, -0.15) is 0 Å². The quantitative estimate of drug-likeness (QED) is 0.562. The summed E-state index contributed by atoms with van der Waals surface area (Å²) >= 11 is 4.43. The lowest BCUT2D eigenvalue weighted by Crippen LogP contribution is -1.90. The smallest absolute Gasteiger partial charge is 0.0101 e. The average molecular weight is 166 g/mol. The molecule has 11 heavy (non-hydrogen) atoms. The van der Waals surface area contributed by atoms with Crippen LogP contribution in [0.5, 0.6) is 0 Å². The topological polar surface area (TPSA) is 0 Å². The highest BCUT2D eigenvalue weighted by molar-refractivity contribution is 7.80. The van der Waals surface area contributed by atoms with E-state index in [1.54, 1.807) is 0 Å². The Morgan fingerprint density at radius 3 is 2.00 bits per heavy atom. The Balaban J connectivity index is 3.46. The van der Waals surface area contributed by atoms with Gasteiger partial charge in [0.25, 0.3) is 0 Å². The zero-order valence-electron chi connectivity index (χ0n) is 7.52. The van der Waals surface area contributed by atoms with Crippen molar-refractivity contribution in [1.29, 1.82) is 0 Å². The van der Waals surface area contributed by atoms with Crippen molar-refractivity contribution in [2.24, 2.45) is 0 Å². The lowest BCUT2D eigenvalue weighted by atomic mass is 10.0. The summed E-state index contributed by atoms with van der Waals surface area (Å²) in [5.74, 6) is 0. The predicted octanol–water partition coefficient (Wildman–Crippen LogP) is 3.21. The molecule has 0 amide bonds.